The van der Waals surface area contributed by atoms with Crippen LogP contribution < -0.4 is 4.80 Å². The van der Waals surface area contributed by atoms with Crippen molar-refractivity contribution in [3.8, 4) is 11.5 Å². The fourth-order valence-electron chi connectivity index (χ4n) is 3.69. The van der Waals surface area contributed by atoms with Crippen LogP contribution in [0.3, 0.4) is 0 Å². The summed E-state index contributed by atoms with van der Waals surface area (Å²) < 4.78 is 7.87. The Labute approximate surface area is 161 Å². The summed E-state index contributed by atoms with van der Waals surface area (Å²) in [6.45, 7) is 0. The first-order valence-electron chi connectivity index (χ1n) is 9.26. The second-order valence-electron chi connectivity index (χ2n) is 6.75. The SMILES string of the molecule is O=[N+]([O-])c1ccccc1N=c1scc(-c2ccco2)n1C1CCCCCC1. The minimum atomic E-state index is -0.379. The van der Waals surface area contributed by atoms with Gasteiger partial charge in [0.05, 0.1) is 16.9 Å². The molecule has 27 heavy (non-hydrogen) atoms. The van der Waals surface area contributed by atoms with Crippen LogP contribution in [-0.4, -0.2) is 9.49 Å². The molecule has 140 valence electrons. The summed E-state index contributed by atoms with van der Waals surface area (Å²) in [7, 11) is 0. The van der Waals surface area contributed by atoms with Gasteiger partial charge in [-0.05, 0) is 31.0 Å². The molecule has 1 aromatic carbocycles. The van der Waals surface area contributed by atoms with Gasteiger partial charge in [0.25, 0.3) is 5.69 Å². The van der Waals surface area contributed by atoms with Crippen LogP contribution in [-0.2, 0) is 0 Å². The molecule has 0 aliphatic heterocycles. The Balaban J connectivity index is 1.87. The lowest BCUT2D eigenvalue weighted by molar-refractivity contribution is -0.384. The van der Waals surface area contributed by atoms with E-state index >= 15 is 0 Å². The molecular weight excluding hydrogens is 362 g/mol. The summed E-state index contributed by atoms with van der Waals surface area (Å²) in [6, 6.07) is 10.8. The van der Waals surface area contributed by atoms with Crippen molar-refractivity contribution >= 4 is 22.7 Å². The third-order valence-corrected chi connectivity index (χ3v) is 5.84. The average molecular weight is 383 g/mol. The Hall–Kier alpha value is -2.67. The van der Waals surface area contributed by atoms with Gasteiger partial charge in [-0.2, -0.15) is 0 Å². The molecule has 0 N–H and O–H groups in total. The minimum absolute atomic E-state index is 0.0258. The van der Waals surface area contributed by atoms with Gasteiger partial charge in [0, 0.05) is 17.5 Å². The maximum absolute atomic E-state index is 11.4. The molecule has 1 saturated carbocycles. The molecule has 0 saturated heterocycles. The molecule has 4 rings (SSSR count). The normalized spacial score (nSPS) is 16.4. The Morgan fingerprint density at radius 3 is 2.59 bits per heavy atom. The van der Waals surface area contributed by atoms with Gasteiger partial charge in [-0.15, -0.1) is 11.3 Å². The average Bonchev–Trinajstić information content (AvgIpc) is 3.26. The Morgan fingerprint density at radius 1 is 1.11 bits per heavy atom. The van der Waals surface area contributed by atoms with Crippen molar-refractivity contribution in [2.45, 2.75) is 44.6 Å². The van der Waals surface area contributed by atoms with Gasteiger partial charge in [-0.1, -0.05) is 37.8 Å². The van der Waals surface area contributed by atoms with Gasteiger partial charge >= 0.3 is 0 Å². The van der Waals surface area contributed by atoms with E-state index in [2.05, 4.69) is 4.57 Å². The Bertz CT molecular complexity index is 980. The van der Waals surface area contributed by atoms with Crippen molar-refractivity contribution in [3.63, 3.8) is 0 Å². The van der Waals surface area contributed by atoms with Crippen LogP contribution in [0.15, 0.2) is 57.5 Å². The van der Waals surface area contributed by atoms with Gasteiger partial charge in [0.2, 0.25) is 0 Å². The summed E-state index contributed by atoms with van der Waals surface area (Å²) in [5.74, 6) is 0.805. The molecule has 7 heteroatoms. The molecule has 2 heterocycles. The second-order valence-corrected chi connectivity index (χ2v) is 7.59. The molecule has 3 aromatic rings. The van der Waals surface area contributed by atoms with Gasteiger partial charge in [-0.3, -0.25) is 10.1 Å². The second kappa shape index (κ2) is 7.92. The number of nitro groups is 1. The summed E-state index contributed by atoms with van der Waals surface area (Å²) >= 11 is 1.50. The third kappa shape index (κ3) is 3.73. The first kappa shape index (κ1) is 17.7. The highest BCUT2D eigenvalue weighted by Crippen LogP contribution is 2.32. The number of hydrogen-bond acceptors (Lipinski definition) is 5. The van der Waals surface area contributed by atoms with E-state index in [0.717, 1.165) is 29.1 Å². The minimum Gasteiger partial charge on any atom is -0.463 e. The van der Waals surface area contributed by atoms with Crippen LogP contribution in [0.4, 0.5) is 11.4 Å². The van der Waals surface area contributed by atoms with E-state index in [1.165, 1.54) is 43.1 Å². The van der Waals surface area contributed by atoms with E-state index in [4.69, 9.17) is 9.41 Å². The number of nitrogens with zero attached hydrogens (tertiary/aromatic N) is 3. The van der Waals surface area contributed by atoms with Crippen LogP contribution in [0, 0.1) is 10.1 Å². The van der Waals surface area contributed by atoms with Crippen LogP contribution in [0.2, 0.25) is 0 Å². The molecule has 2 aromatic heterocycles. The summed E-state index contributed by atoms with van der Waals surface area (Å²) in [4.78, 5) is 16.5. The number of aromatic nitrogens is 1. The maximum atomic E-state index is 11.4. The van der Waals surface area contributed by atoms with E-state index in [-0.39, 0.29) is 10.6 Å². The van der Waals surface area contributed by atoms with Crippen molar-refractivity contribution in [3.05, 3.63) is 63.0 Å². The molecule has 1 aliphatic carbocycles. The molecule has 0 spiro atoms. The summed E-state index contributed by atoms with van der Waals surface area (Å²) in [6.07, 6.45) is 8.75. The lowest BCUT2D eigenvalue weighted by Gasteiger charge is -2.19. The molecule has 0 atom stereocenters. The zero-order valence-electron chi connectivity index (χ0n) is 14.9. The first-order valence-corrected chi connectivity index (χ1v) is 10.1. The van der Waals surface area contributed by atoms with Crippen molar-refractivity contribution in [2.24, 2.45) is 4.99 Å². The first-order chi connectivity index (χ1) is 13.2. The fraction of sp³-hybridized carbons (Fsp3) is 0.350. The molecule has 0 amide bonds. The van der Waals surface area contributed by atoms with Gasteiger partial charge in [0.1, 0.15) is 5.69 Å². The number of thiazole rings is 1. The largest absolute Gasteiger partial charge is 0.463 e. The standard InChI is InChI=1S/C20H21N3O3S/c24-23(25)17-11-6-5-10-16(17)21-20-22(15-8-3-1-2-4-9-15)18(14-27-20)19-12-7-13-26-19/h5-7,10-15H,1-4,8-9H2. The highest BCUT2D eigenvalue weighted by molar-refractivity contribution is 7.07. The number of para-hydroxylation sites is 2. The lowest BCUT2D eigenvalue weighted by Crippen LogP contribution is -2.21. The zero-order valence-corrected chi connectivity index (χ0v) is 15.7. The van der Waals surface area contributed by atoms with Crippen molar-refractivity contribution in [1.82, 2.24) is 4.57 Å². The van der Waals surface area contributed by atoms with E-state index < -0.39 is 0 Å². The fourth-order valence-corrected chi connectivity index (χ4v) is 4.65. The Kier molecular flexibility index (Phi) is 5.20. The van der Waals surface area contributed by atoms with Crippen molar-refractivity contribution < 1.29 is 9.34 Å². The summed E-state index contributed by atoms with van der Waals surface area (Å²) in [5.41, 5.74) is 1.41. The van der Waals surface area contributed by atoms with Crippen LogP contribution in [0.5, 0.6) is 0 Å². The van der Waals surface area contributed by atoms with Crippen LogP contribution in [0.1, 0.15) is 44.6 Å². The number of nitro benzene ring substituents is 1. The predicted molar refractivity (Wildman–Crippen MR) is 105 cm³/mol. The molecule has 1 fully saturated rings. The predicted octanol–water partition coefficient (Wildman–Crippen LogP) is 5.85. The van der Waals surface area contributed by atoms with Gasteiger partial charge in [-0.25, -0.2) is 4.99 Å². The number of furan rings is 1. The molecule has 0 radical (unpaired) electrons. The monoisotopic (exact) mass is 383 g/mol. The van der Waals surface area contributed by atoms with Gasteiger partial charge < -0.3 is 8.98 Å². The molecule has 0 unspecified atom stereocenters. The Morgan fingerprint density at radius 2 is 1.89 bits per heavy atom. The van der Waals surface area contributed by atoms with Gasteiger partial charge in [0.15, 0.2) is 10.6 Å². The molecule has 6 nitrogen and oxygen atoms in total. The summed E-state index contributed by atoms with van der Waals surface area (Å²) in [5, 5.41) is 13.4. The van der Waals surface area contributed by atoms with Crippen molar-refractivity contribution in [2.75, 3.05) is 0 Å². The number of rotatable bonds is 4. The maximum Gasteiger partial charge on any atom is 0.294 e. The smallest absolute Gasteiger partial charge is 0.294 e. The highest BCUT2D eigenvalue weighted by atomic mass is 32.1. The zero-order chi connectivity index (χ0) is 18.6. The van der Waals surface area contributed by atoms with Crippen LogP contribution in [0.25, 0.3) is 11.5 Å². The number of hydrogen-bond donors (Lipinski definition) is 0. The quantitative estimate of drug-likeness (QED) is 0.322. The topological polar surface area (TPSA) is 73.6 Å². The van der Waals surface area contributed by atoms with Crippen LogP contribution >= 0.6 is 11.3 Å². The third-order valence-electron chi connectivity index (χ3n) is 5.00. The molecule has 1 aliphatic rings. The van der Waals surface area contributed by atoms with E-state index in [1.807, 2.05) is 17.5 Å². The molecule has 0 bridgehead atoms. The highest BCUT2D eigenvalue weighted by Gasteiger charge is 2.21. The van der Waals surface area contributed by atoms with Crippen molar-refractivity contribution in [1.29, 1.82) is 0 Å². The van der Waals surface area contributed by atoms with E-state index in [9.17, 15) is 10.1 Å². The molecular formula is C20H21N3O3S. The number of benzene rings is 1. The van der Waals surface area contributed by atoms with E-state index in [1.54, 1.807) is 24.5 Å². The lowest BCUT2D eigenvalue weighted by atomic mass is 10.1. The van der Waals surface area contributed by atoms with E-state index in [0.29, 0.717) is 11.7 Å².